The van der Waals surface area contributed by atoms with Crippen molar-refractivity contribution >= 4 is 16.4 Å². The molecule has 12 nitrogen and oxygen atoms in total. The van der Waals surface area contributed by atoms with Crippen LogP contribution in [0, 0.1) is 0 Å². The lowest BCUT2D eigenvalue weighted by Crippen LogP contribution is -2.60. The zero-order valence-electron chi connectivity index (χ0n) is 42.2. The number of allylic oxidation sites excluding steroid dienone is 8. The normalized spacial score (nSPS) is 19.8. The highest BCUT2D eigenvalue weighted by atomic mass is 32.3. The van der Waals surface area contributed by atoms with Gasteiger partial charge in [-0.3, -0.25) is 9.35 Å². The van der Waals surface area contributed by atoms with Crippen molar-refractivity contribution in [2.75, 3.05) is 26.4 Å². The van der Waals surface area contributed by atoms with Gasteiger partial charge in [0.15, 0.2) is 6.29 Å². The summed E-state index contributed by atoms with van der Waals surface area (Å²) in [5.74, 6) is -0.411. The molecule has 1 saturated heterocycles. The standard InChI is InChI=1S/C54H98O12S/c1-3-5-7-9-11-13-15-17-19-21-23-24-25-27-29-31-33-35-37-39-41-43-50(56)64-48(47-63-54-52(58)53(66-67(59,60)61)51(57)49(45-55)65-54)46-62-44-42-40-38-36-34-32-30-28-26-22-20-18-16-14-12-10-8-6-4-2/h15,17,20-23,25,27,48-49,51-55,57-58H,3-14,16,18-19,24,26,28-47H2,1-2H3,(H,59,60,61)/b17-15-,22-20-,23-21-,27-25-. The number of unbranched alkanes of at least 4 members (excludes halogenated alkanes) is 26. The van der Waals surface area contributed by atoms with E-state index in [4.69, 9.17) is 18.9 Å². The highest BCUT2D eigenvalue weighted by Crippen LogP contribution is 2.26. The van der Waals surface area contributed by atoms with Gasteiger partial charge in [0.25, 0.3) is 0 Å². The number of esters is 1. The predicted octanol–water partition coefficient (Wildman–Crippen LogP) is 12.7. The summed E-state index contributed by atoms with van der Waals surface area (Å²) in [7, 11) is -5.07. The average Bonchev–Trinajstić information content (AvgIpc) is 3.30. The summed E-state index contributed by atoms with van der Waals surface area (Å²) in [5, 5.41) is 30.8. The topological polar surface area (TPSA) is 178 Å². The molecular weight excluding hydrogens is 873 g/mol. The van der Waals surface area contributed by atoms with Crippen molar-refractivity contribution in [1.29, 1.82) is 0 Å². The minimum atomic E-state index is -5.07. The molecule has 0 amide bonds. The molecule has 1 aliphatic rings. The average molecular weight is 971 g/mol. The maximum Gasteiger partial charge on any atom is 0.397 e. The predicted molar refractivity (Wildman–Crippen MR) is 271 cm³/mol. The number of hydrogen-bond acceptors (Lipinski definition) is 11. The molecule has 0 aromatic heterocycles. The van der Waals surface area contributed by atoms with E-state index in [2.05, 4.69) is 66.6 Å². The second-order valence-corrected chi connectivity index (χ2v) is 19.5. The van der Waals surface area contributed by atoms with E-state index < -0.39 is 59.8 Å². The Kier molecular flexibility index (Phi) is 42.6. The Morgan fingerprint density at radius 3 is 1.45 bits per heavy atom. The van der Waals surface area contributed by atoms with Gasteiger partial charge in [0, 0.05) is 13.0 Å². The van der Waals surface area contributed by atoms with Crippen molar-refractivity contribution in [1.82, 2.24) is 0 Å². The number of ether oxygens (including phenoxy) is 4. The van der Waals surface area contributed by atoms with Crippen LogP contribution in [-0.2, 0) is 38.3 Å². The van der Waals surface area contributed by atoms with E-state index in [9.17, 15) is 33.1 Å². The fraction of sp³-hybridized carbons (Fsp3) is 0.833. The van der Waals surface area contributed by atoms with E-state index in [1.807, 2.05) is 0 Å². The van der Waals surface area contributed by atoms with E-state index in [0.29, 0.717) is 13.0 Å². The van der Waals surface area contributed by atoms with Crippen LogP contribution in [0.15, 0.2) is 48.6 Å². The van der Waals surface area contributed by atoms with Gasteiger partial charge in [0.1, 0.15) is 30.5 Å². The molecule has 0 spiro atoms. The Labute approximate surface area is 408 Å². The maximum absolute atomic E-state index is 12.9. The van der Waals surface area contributed by atoms with Crippen LogP contribution in [0.4, 0.5) is 0 Å². The Bertz CT molecular complexity index is 1350. The Balaban J connectivity index is 2.36. The van der Waals surface area contributed by atoms with Crippen molar-refractivity contribution in [2.45, 2.75) is 263 Å². The van der Waals surface area contributed by atoms with Crippen LogP contribution in [-0.4, -0.2) is 97.5 Å². The molecule has 67 heavy (non-hydrogen) atoms. The quantitative estimate of drug-likeness (QED) is 0.0197. The number of carbonyl (C=O) groups is 1. The number of hydrogen-bond donors (Lipinski definition) is 4. The summed E-state index contributed by atoms with van der Waals surface area (Å²) in [4.78, 5) is 12.9. The van der Waals surface area contributed by atoms with E-state index in [1.54, 1.807) is 0 Å². The Morgan fingerprint density at radius 2 is 0.985 bits per heavy atom. The first-order valence-electron chi connectivity index (χ1n) is 26.9. The second-order valence-electron chi connectivity index (χ2n) is 18.5. The second kappa shape index (κ2) is 45.2. The minimum Gasteiger partial charge on any atom is -0.457 e. The number of carbonyl (C=O) groups excluding carboxylic acids is 1. The summed E-state index contributed by atoms with van der Waals surface area (Å²) >= 11 is 0. The molecule has 4 N–H and O–H groups in total. The fourth-order valence-corrected chi connectivity index (χ4v) is 8.60. The van der Waals surface area contributed by atoms with Gasteiger partial charge in [-0.25, -0.2) is 4.18 Å². The highest BCUT2D eigenvalue weighted by Gasteiger charge is 2.48. The molecule has 0 bridgehead atoms. The fourth-order valence-electron chi connectivity index (χ4n) is 8.09. The molecule has 1 rings (SSSR count). The zero-order chi connectivity index (χ0) is 48.9. The molecule has 6 atom stereocenters. The van der Waals surface area contributed by atoms with Crippen LogP contribution in [0.1, 0.15) is 226 Å². The lowest BCUT2D eigenvalue weighted by Gasteiger charge is -2.41. The van der Waals surface area contributed by atoms with Crippen LogP contribution in [0.25, 0.3) is 0 Å². The maximum atomic E-state index is 12.9. The van der Waals surface area contributed by atoms with E-state index in [-0.39, 0.29) is 19.6 Å². The Morgan fingerprint density at radius 1 is 0.567 bits per heavy atom. The van der Waals surface area contributed by atoms with Crippen LogP contribution in [0.2, 0.25) is 0 Å². The van der Waals surface area contributed by atoms with Crippen LogP contribution in [0.3, 0.4) is 0 Å². The van der Waals surface area contributed by atoms with E-state index in [0.717, 1.165) is 70.6 Å². The zero-order valence-corrected chi connectivity index (χ0v) is 43.0. The molecule has 1 fully saturated rings. The first-order valence-corrected chi connectivity index (χ1v) is 28.3. The van der Waals surface area contributed by atoms with Crippen molar-refractivity contribution < 1.29 is 56.2 Å². The van der Waals surface area contributed by atoms with Gasteiger partial charge in [-0.1, -0.05) is 191 Å². The van der Waals surface area contributed by atoms with Gasteiger partial charge in [-0.05, 0) is 77.0 Å². The molecule has 6 unspecified atom stereocenters. The smallest absolute Gasteiger partial charge is 0.397 e. The Hall–Kier alpha value is -1.94. The SMILES string of the molecule is CCCCCCC/C=C\C/C=C\C/C=C\CCCCCCCCC(=O)OC(COCCCCCCCCCC/C=C\CCCCCCCCC)COC1OC(CO)C(O)C(OS(=O)(=O)O)C1O. The van der Waals surface area contributed by atoms with Crippen LogP contribution < -0.4 is 0 Å². The van der Waals surface area contributed by atoms with E-state index in [1.165, 1.54) is 128 Å². The minimum absolute atomic E-state index is 0.0282. The van der Waals surface area contributed by atoms with Crippen molar-refractivity contribution in [3.05, 3.63) is 48.6 Å². The van der Waals surface area contributed by atoms with Crippen molar-refractivity contribution in [2.24, 2.45) is 0 Å². The molecular formula is C54H98O12S. The first kappa shape index (κ1) is 63.1. The summed E-state index contributed by atoms with van der Waals surface area (Å²) < 4.78 is 59.3. The van der Waals surface area contributed by atoms with Crippen LogP contribution >= 0.6 is 0 Å². The molecule has 13 heteroatoms. The largest absolute Gasteiger partial charge is 0.457 e. The lowest BCUT2D eigenvalue weighted by molar-refractivity contribution is -0.301. The molecule has 1 heterocycles. The van der Waals surface area contributed by atoms with Gasteiger partial charge >= 0.3 is 16.4 Å². The van der Waals surface area contributed by atoms with Gasteiger partial charge in [0.05, 0.1) is 19.8 Å². The number of aliphatic hydroxyl groups excluding tert-OH is 3. The summed E-state index contributed by atoms with van der Waals surface area (Å²) in [6.07, 6.45) is 47.1. The third kappa shape index (κ3) is 38.5. The van der Waals surface area contributed by atoms with Gasteiger partial charge < -0.3 is 34.3 Å². The molecule has 392 valence electrons. The van der Waals surface area contributed by atoms with Gasteiger partial charge in [-0.2, -0.15) is 8.42 Å². The molecule has 0 radical (unpaired) electrons. The first-order chi connectivity index (χ1) is 32.6. The molecule has 1 aliphatic heterocycles. The summed E-state index contributed by atoms with van der Waals surface area (Å²) in [6.45, 7) is 3.98. The molecule has 0 aliphatic carbocycles. The molecule has 0 saturated carbocycles. The monoisotopic (exact) mass is 971 g/mol. The summed E-state index contributed by atoms with van der Waals surface area (Å²) in [6, 6.07) is 0. The third-order valence-corrected chi connectivity index (χ3v) is 12.6. The van der Waals surface area contributed by atoms with Gasteiger partial charge in [0.2, 0.25) is 0 Å². The van der Waals surface area contributed by atoms with Crippen LogP contribution in [0.5, 0.6) is 0 Å². The van der Waals surface area contributed by atoms with E-state index >= 15 is 0 Å². The summed E-state index contributed by atoms with van der Waals surface area (Å²) in [5.41, 5.74) is 0. The van der Waals surface area contributed by atoms with Crippen molar-refractivity contribution in [3.8, 4) is 0 Å². The lowest BCUT2D eigenvalue weighted by atomic mass is 9.99. The van der Waals surface area contributed by atoms with Gasteiger partial charge in [-0.15, -0.1) is 0 Å². The van der Waals surface area contributed by atoms with Crippen molar-refractivity contribution in [3.63, 3.8) is 0 Å². The third-order valence-electron chi connectivity index (χ3n) is 12.2. The molecule has 0 aromatic rings. The highest BCUT2D eigenvalue weighted by molar-refractivity contribution is 7.80. The number of aliphatic hydroxyl groups is 3. The number of rotatable bonds is 47. The molecule has 0 aromatic carbocycles.